The zero-order valence-electron chi connectivity index (χ0n) is 19.9. The van der Waals surface area contributed by atoms with Crippen LogP contribution in [0, 0.1) is 0 Å². The van der Waals surface area contributed by atoms with E-state index in [1.54, 1.807) is 24.3 Å². The third kappa shape index (κ3) is 13.4. The van der Waals surface area contributed by atoms with Crippen LogP contribution in [0.4, 0.5) is 0 Å². The lowest BCUT2D eigenvalue weighted by Crippen LogP contribution is -2.29. The van der Waals surface area contributed by atoms with Crippen LogP contribution in [0.25, 0.3) is 0 Å². The second-order valence-electron chi connectivity index (χ2n) is 7.02. The van der Waals surface area contributed by atoms with E-state index in [4.69, 9.17) is 26.8 Å². The van der Waals surface area contributed by atoms with Crippen LogP contribution in [0.15, 0.2) is 48.5 Å². The average molecular weight is 507 g/mol. The Kier molecular flexibility index (Phi) is 15.1. The number of para-hydroxylation sites is 2. The van der Waals surface area contributed by atoms with Crippen molar-refractivity contribution in [3.8, 4) is 11.5 Å². The lowest BCUT2D eigenvalue weighted by Gasteiger charge is -2.03. The van der Waals surface area contributed by atoms with E-state index in [-0.39, 0.29) is 22.6 Å². The Labute approximate surface area is 207 Å². The maximum absolute atomic E-state index is 10.6. The molecule has 0 aliphatic carbocycles. The molecule has 7 N–H and O–H groups in total. The Hall–Kier alpha value is -4.29. The monoisotopic (exact) mass is 506 g/mol. The topological polar surface area (TPSA) is 217 Å². The minimum Gasteiger partial charge on any atom is -0.480 e. The number of carboxylic acid groups (broad SMARTS) is 3. The number of esters is 2. The van der Waals surface area contributed by atoms with Crippen LogP contribution >= 0.6 is 0 Å². The number of aliphatic carboxylic acids is 1. The van der Waals surface area contributed by atoms with Gasteiger partial charge in [-0.3, -0.25) is 14.4 Å². The van der Waals surface area contributed by atoms with E-state index in [1.807, 2.05) is 0 Å². The molecule has 12 nitrogen and oxygen atoms in total. The number of unbranched alkanes of at least 4 members (excludes halogenated alkanes) is 1. The lowest BCUT2D eigenvalue weighted by molar-refractivity contribution is -0.138. The molecule has 0 amide bonds. The van der Waals surface area contributed by atoms with Crippen molar-refractivity contribution in [1.82, 2.24) is 0 Å². The lowest BCUT2D eigenvalue weighted by atomic mass is 10.1. The van der Waals surface area contributed by atoms with Gasteiger partial charge in [-0.25, -0.2) is 9.59 Å². The predicted molar refractivity (Wildman–Crippen MR) is 128 cm³/mol. The summed E-state index contributed by atoms with van der Waals surface area (Å²) in [7, 11) is 0. The van der Waals surface area contributed by atoms with E-state index in [2.05, 4.69) is 9.47 Å². The van der Waals surface area contributed by atoms with Crippen molar-refractivity contribution in [2.75, 3.05) is 6.54 Å². The van der Waals surface area contributed by atoms with Gasteiger partial charge in [-0.15, -0.1) is 0 Å². The number of nitrogens with two attached hydrogens (primary N) is 2. The van der Waals surface area contributed by atoms with Crippen molar-refractivity contribution in [2.24, 2.45) is 11.5 Å². The largest absolute Gasteiger partial charge is 0.480 e. The zero-order chi connectivity index (χ0) is 27.7. The molecule has 1 atom stereocenters. The number of carbonyl (C=O) groups is 5. The van der Waals surface area contributed by atoms with Gasteiger partial charge in [0.2, 0.25) is 0 Å². The summed E-state index contributed by atoms with van der Waals surface area (Å²) in [4.78, 5) is 52.5. The minimum absolute atomic E-state index is 0.0160. The number of aromatic carboxylic acids is 2. The molecule has 0 aliphatic heterocycles. The van der Waals surface area contributed by atoms with E-state index in [1.165, 1.54) is 38.1 Å². The number of ether oxygens (including phenoxy) is 2. The Morgan fingerprint density at radius 3 is 1.44 bits per heavy atom. The number of carbonyl (C=O) groups excluding carboxylic acids is 2. The van der Waals surface area contributed by atoms with Gasteiger partial charge in [-0.1, -0.05) is 30.7 Å². The first-order chi connectivity index (χ1) is 16.9. The fourth-order valence-corrected chi connectivity index (χ4v) is 2.41. The Bertz CT molecular complexity index is 970. The summed E-state index contributed by atoms with van der Waals surface area (Å²) in [5, 5.41) is 25.7. The van der Waals surface area contributed by atoms with Gasteiger partial charge in [0, 0.05) is 13.8 Å². The fourth-order valence-electron chi connectivity index (χ4n) is 2.41. The van der Waals surface area contributed by atoms with Crippen molar-refractivity contribution in [1.29, 1.82) is 0 Å². The van der Waals surface area contributed by atoms with Gasteiger partial charge in [-0.2, -0.15) is 0 Å². The molecule has 0 heterocycles. The first-order valence-corrected chi connectivity index (χ1v) is 10.6. The summed E-state index contributed by atoms with van der Waals surface area (Å²) in [6, 6.07) is 11.2. The molecule has 2 aromatic rings. The summed E-state index contributed by atoms with van der Waals surface area (Å²) in [6.07, 6.45) is 2.16. The number of carboxylic acids is 3. The second kappa shape index (κ2) is 17.2. The SMILES string of the molecule is CC(=O)Oc1ccccc1C(=O)O.CC(=O)Oc1ccccc1C(=O)O.NCCCCC(N)C(=O)O. The molecular formula is C24H30N2O10. The van der Waals surface area contributed by atoms with Crippen LogP contribution in [0.5, 0.6) is 11.5 Å². The smallest absolute Gasteiger partial charge is 0.339 e. The highest BCUT2D eigenvalue weighted by molar-refractivity contribution is 5.92. The number of rotatable bonds is 9. The molecular weight excluding hydrogens is 476 g/mol. The fraction of sp³-hybridized carbons (Fsp3) is 0.292. The van der Waals surface area contributed by atoms with Crippen molar-refractivity contribution >= 4 is 29.8 Å². The molecule has 0 radical (unpaired) electrons. The Balaban J connectivity index is 0.000000517. The van der Waals surface area contributed by atoms with Gasteiger partial charge in [0.1, 0.15) is 28.7 Å². The van der Waals surface area contributed by atoms with Crippen molar-refractivity contribution in [3.63, 3.8) is 0 Å². The third-order valence-electron chi connectivity index (χ3n) is 4.03. The third-order valence-corrected chi connectivity index (χ3v) is 4.03. The van der Waals surface area contributed by atoms with E-state index < -0.39 is 35.9 Å². The number of hydrogen-bond acceptors (Lipinski definition) is 9. The molecule has 0 aromatic heterocycles. The molecule has 0 saturated carbocycles. The first kappa shape index (κ1) is 31.7. The van der Waals surface area contributed by atoms with Gasteiger partial charge in [0.25, 0.3) is 0 Å². The second-order valence-corrected chi connectivity index (χ2v) is 7.02. The molecule has 0 fully saturated rings. The Morgan fingerprint density at radius 2 is 1.14 bits per heavy atom. The highest BCUT2D eigenvalue weighted by Crippen LogP contribution is 2.18. The van der Waals surface area contributed by atoms with Crippen LogP contribution in [0.2, 0.25) is 0 Å². The summed E-state index contributed by atoms with van der Waals surface area (Å²) in [5.74, 6) is -4.09. The number of benzene rings is 2. The molecule has 1 unspecified atom stereocenters. The molecule has 0 saturated heterocycles. The molecule has 12 heteroatoms. The van der Waals surface area contributed by atoms with Crippen LogP contribution in [0.1, 0.15) is 53.8 Å². The van der Waals surface area contributed by atoms with Crippen LogP contribution < -0.4 is 20.9 Å². The van der Waals surface area contributed by atoms with Crippen molar-refractivity contribution in [3.05, 3.63) is 59.7 Å². The maximum atomic E-state index is 10.6. The van der Waals surface area contributed by atoms with Crippen molar-refractivity contribution < 1.29 is 48.8 Å². The van der Waals surface area contributed by atoms with Crippen LogP contribution in [0.3, 0.4) is 0 Å². The molecule has 196 valence electrons. The number of hydrogen-bond donors (Lipinski definition) is 5. The summed E-state index contributed by atoms with van der Waals surface area (Å²) >= 11 is 0. The van der Waals surface area contributed by atoms with E-state index >= 15 is 0 Å². The summed E-state index contributed by atoms with van der Waals surface area (Å²) < 4.78 is 9.37. The molecule has 0 spiro atoms. The first-order valence-electron chi connectivity index (χ1n) is 10.6. The highest BCUT2D eigenvalue weighted by atomic mass is 16.5. The van der Waals surface area contributed by atoms with Crippen LogP contribution in [-0.4, -0.2) is 57.8 Å². The van der Waals surface area contributed by atoms with Crippen LogP contribution in [-0.2, 0) is 14.4 Å². The van der Waals surface area contributed by atoms with Gasteiger partial charge in [0.05, 0.1) is 0 Å². The molecule has 36 heavy (non-hydrogen) atoms. The van der Waals surface area contributed by atoms with E-state index in [0.717, 1.165) is 12.8 Å². The highest BCUT2D eigenvalue weighted by Gasteiger charge is 2.12. The van der Waals surface area contributed by atoms with Gasteiger partial charge in [0.15, 0.2) is 0 Å². The minimum atomic E-state index is -1.11. The summed E-state index contributed by atoms with van der Waals surface area (Å²) in [5.41, 5.74) is 10.4. The zero-order valence-corrected chi connectivity index (χ0v) is 19.9. The predicted octanol–water partition coefficient (Wildman–Crippen LogP) is 2.15. The standard InChI is InChI=1S/2C9H8O4.C6H14N2O2/c2*1-6(10)13-8-5-3-2-4-7(8)9(11)12;7-4-2-1-3-5(8)6(9)10/h2*2-5H,1H3,(H,11,12);5H,1-4,7-8H2,(H,9,10). The normalized spacial score (nSPS) is 10.3. The maximum Gasteiger partial charge on any atom is 0.339 e. The Morgan fingerprint density at radius 1 is 0.750 bits per heavy atom. The molecule has 0 aliphatic rings. The van der Waals surface area contributed by atoms with E-state index in [0.29, 0.717) is 13.0 Å². The molecule has 2 aromatic carbocycles. The van der Waals surface area contributed by atoms with Crippen molar-refractivity contribution in [2.45, 2.75) is 39.2 Å². The quantitative estimate of drug-likeness (QED) is 0.188. The molecule has 0 bridgehead atoms. The average Bonchev–Trinajstić information content (AvgIpc) is 2.79. The summed E-state index contributed by atoms with van der Waals surface area (Å²) in [6.45, 7) is 3.05. The van der Waals surface area contributed by atoms with E-state index in [9.17, 15) is 24.0 Å². The molecule has 2 rings (SSSR count). The van der Waals surface area contributed by atoms with Gasteiger partial charge in [-0.05, 0) is 43.7 Å². The van der Waals surface area contributed by atoms with Gasteiger partial charge >= 0.3 is 29.8 Å². The van der Waals surface area contributed by atoms with Gasteiger partial charge < -0.3 is 36.3 Å².